The number of nitrogens with zero attached hydrogens (tertiary/aromatic N) is 1. The molecular weight excluding hydrogens is 322 g/mol. The van der Waals surface area contributed by atoms with Gasteiger partial charge in [-0.3, -0.25) is 14.4 Å². The maximum absolute atomic E-state index is 12.4. The number of carboxylic acids is 1. The van der Waals surface area contributed by atoms with E-state index in [2.05, 4.69) is 0 Å². The van der Waals surface area contributed by atoms with Gasteiger partial charge in [0.25, 0.3) is 0 Å². The van der Waals surface area contributed by atoms with Gasteiger partial charge in [-0.15, -0.1) is 0 Å². The van der Waals surface area contributed by atoms with Crippen molar-refractivity contribution >= 4 is 17.7 Å². The number of Topliss-reactive ketones (excluding diaryl/α,β-unsaturated/α-hetero) is 1. The molecule has 25 heavy (non-hydrogen) atoms. The van der Waals surface area contributed by atoms with Crippen LogP contribution >= 0.6 is 0 Å². The molecule has 0 spiro atoms. The van der Waals surface area contributed by atoms with E-state index < -0.39 is 11.9 Å². The third-order valence-corrected chi connectivity index (χ3v) is 4.60. The molecule has 136 valence electrons. The molecule has 2 rings (SSSR count). The summed E-state index contributed by atoms with van der Waals surface area (Å²) in [7, 11) is 0. The van der Waals surface area contributed by atoms with Crippen molar-refractivity contribution < 1.29 is 24.2 Å². The molecule has 1 saturated heterocycles. The molecule has 0 radical (unpaired) electrons. The predicted octanol–water partition coefficient (Wildman–Crippen LogP) is 2.76. The zero-order valence-corrected chi connectivity index (χ0v) is 14.7. The third kappa shape index (κ3) is 5.31. The fourth-order valence-corrected chi connectivity index (χ4v) is 3.02. The van der Waals surface area contributed by atoms with Crippen molar-refractivity contribution in [1.82, 2.24) is 4.90 Å². The Morgan fingerprint density at radius 1 is 1.28 bits per heavy atom. The molecule has 2 atom stereocenters. The SMILES string of the molecule is CC(=O)c1cccc(OCCCC(=O)N2CC(C(=O)O)CCC2C)c1. The largest absolute Gasteiger partial charge is 0.494 e. The highest BCUT2D eigenvalue weighted by molar-refractivity contribution is 5.94. The molecule has 1 fully saturated rings. The summed E-state index contributed by atoms with van der Waals surface area (Å²) in [6, 6.07) is 7.04. The van der Waals surface area contributed by atoms with E-state index in [1.165, 1.54) is 6.92 Å². The summed E-state index contributed by atoms with van der Waals surface area (Å²) in [4.78, 5) is 36.5. The van der Waals surface area contributed by atoms with Gasteiger partial charge in [0.15, 0.2) is 5.78 Å². The molecule has 1 N–H and O–H groups in total. The highest BCUT2D eigenvalue weighted by atomic mass is 16.5. The van der Waals surface area contributed by atoms with Gasteiger partial charge in [-0.2, -0.15) is 0 Å². The van der Waals surface area contributed by atoms with Gasteiger partial charge in [-0.05, 0) is 45.2 Å². The summed E-state index contributed by atoms with van der Waals surface area (Å²) in [5.74, 6) is -0.742. The number of rotatable bonds is 7. The quantitative estimate of drug-likeness (QED) is 0.606. The Morgan fingerprint density at radius 3 is 2.72 bits per heavy atom. The van der Waals surface area contributed by atoms with Gasteiger partial charge in [0.05, 0.1) is 12.5 Å². The molecular formula is C19H25NO5. The second-order valence-electron chi connectivity index (χ2n) is 6.54. The zero-order valence-electron chi connectivity index (χ0n) is 14.7. The van der Waals surface area contributed by atoms with Crippen LogP contribution in [0.2, 0.25) is 0 Å². The Hall–Kier alpha value is -2.37. The van der Waals surface area contributed by atoms with Gasteiger partial charge in [0, 0.05) is 24.6 Å². The molecule has 1 aliphatic rings. The monoisotopic (exact) mass is 347 g/mol. The Kier molecular flexibility index (Phi) is 6.56. The Balaban J connectivity index is 1.79. The van der Waals surface area contributed by atoms with Crippen molar-refractivity contribution in [2.45, 2.75) is 45.6 Å². The van der Waals surface area contributed by atoms with E-state index in [-0.39, 0.29) is 24.3 Å². The van der Waals surface area contributed by atoms with E-state index in [1.807, 2.05) is 6.92 Å². The standard InChI is InChI=1S/C19H25NO5/c1-13-8-9-16(19(23)24)12-20(13)18(22)7-4-10-25-17-6-3-5-15(11-17)14(2)21/h3,5-6,11,13,16H,4,7-10,12H2,1-2H3,(H,23,24). The van der Waals surface area contributed by atoms with E-state index in [0.717, 1.165) is 6.42 Å². The lowest BCUT2D eigenvalue weighted by molar-refractivity contribution is -0.147. The number of benzene rings is 1. The lowest BCUT2D eigenvalue weighted by Gasteiger charge is -2.36. The molecule has 0 aromatic heterocycles. The van der Waals surface area contributed by atoms with Gasteiger partial charge >= 0.3 is 5.97 Å². The van der Waals surface area contributed by atoms with E-state index in [9.17, 15) is 14.4 Å². The molecule has 0 bridgehead atoms. The van der Waals surface area contributed by atoms with Crippen LogP contribution in [0.4, 0.5) is 0 Å². The molecule has 0 saturated carbocycles. The normalized spacial score (nSPS) is 20.2. The molecule has 1 heterocycles. The van der Waals surface area contributed by atoms with Crippen LogP contribution in [0.3, 0.4) is 0 Å². The summed E-state index contributed by atoms with van der Waals surface area (Å²) in [6.07, 6.45) is 2.21. The Bertz CT molecular complexity index is 642. The highest BCUT2D eigenvalue weighted by Crippen LogP contribution is 2.23. The van der Waals surface area contributed by atoms with Crippen LogP contribution in [0, 0.1) is 5.92 Å². The van der Waals surface area contributed by atoms with E-state index in [4.69, 9.17) is 9.84 Å². The first-order chi connectivity index (χ1) is 11.9. The Morgan fingerprint density at radius 2 is 2.04 bits per heavy atom. The van der Waals surface area contributed by atoms with Crippen LogP contribution in [-0.2, 0) is 9.59 Å². The van der Waals surface area contributed by atoms with Crippen molar-refractivity contribution in [3.8, 4) is 5.75 Å². The van der Waals surface area contributed by atoms with Gasteiger partial charge < -0.3 is 14.7 Å². The molecule has 1 aliphatic heterocycles. The van der Waals surface area contributed by atoms with Crippen LogP contribution in [0.15, 0.2) is 24.3 Å². The first-order valence-electron chi connectivity index (χ1n) is 8.64. The van der Waals surface area contributed by atoms with Gasteiger partial charge in [-0.25, -0.2) is 0 Å². The summed E-state index contributed by atoms with van der Waals surface area (Å²) in [5, 5.41) is 9.14. The highest BCUT2D eigenvalue weighted by Gasteiger charge is 2.32. The van der Waals surface area contributed by atoms with Gasteiger partial charge in [-0.1, -0.05) is 12.1 Å². The number of carboxylic acid groups (broad SMARTS) is 1. The molecule has 1 amide bonds. The summed E-state index contributed by atoms with van der Waals surface area (Å²) in [6.45, 7) is 4.12. The van der Waals surface area contributed by atoms with Crippen LogP contribution in [0.25, 0.3) is 0 Å². The fourth-order valence-electron chi connectivity index (χ4n) is 3.02. The van der Waals surface area contributed by atoms with Gasteiger partial charge in [0.1, 0.15) is 5.75 Å². The number of hydrogen-bond acceptors (Lipinski definition) is 4. The second-order valence-corrected chi connectivity index (χ2v) is 6.54. The first kappa shape index (κ1) is 19.0. The summed E-state index contributed by atoms with van der Waals surface area (Å²) in [5.41, 5.74) is 0.593. The molecule has 1 aromatic carbocycles. The average molecular weight is 347 g/mol. The summed E-state index contributed by atoms with van der Waals surface area (Å²) >= 11 is 0. The van der Waals surface area contributed by atoms with Crippen LogP contribution in [0.1, 0.15) is 49.9 Å². The van der Waals surface area contributed by atoms with Crippen LogP contribution < -0.4 is 4.74 Å². The fraction of sp³-hybridized carbons (Fsp3) is 0.526. The average Bonchev–Trinajstić information content (AvgIpc) is 2.59. The predicted molar refractivity (Wildman–Crippen MR) is 92.7 cm³/mol. The topological polar surface area (TPSA) is 83.9 Å². The number of hydrogen-bond donors (Lipinski definition) is 1. The number of ether oxygens (including phenoxy) is 1. The molecule has 1 aromatic rings. The third-order valence-electron chi connectivity index (χ3n) is 4.60. The number of carbonyl (C=O) groups excluding carboxylic acids is 2. The van der Waals surface area contributed by atoms with E-state index in [0.29, 0.717) is 37.2 Å². The molecule has 0 aliphatic carbocycles. The maximum Gasteiger partial charge on any atom is 0.308 e. The van der Waals surface area contributed by atoms with Crippen molar-refractivity contribution in [2.24, 2.45) is 5.92 Å². The zero-order chi connectivity index (χ0) is 18.4. The van der Waals surface area contributed by atoms with Crippen LogP contribution in [-0.4, -0.2) is 46.9 Å². The lowest BCUT2D eigenvalue weighted by Crippen LogP contribution is -2.47. The lowest BCUT2D eigenvalue weighted by atomic mass is 9.93. The Labute approximate surface area is 147 Å². The van der Waals surface area contributed by atoms with E-state index >= 15 is 0 Å². The number of ketones is 1. The maximum atomic E-state index is 12.4. The smallest absolute Gasteiger partial charge is 0.308 e. The first-order valence-corrected chi connectivity index (χ1v) is 8.64. The minimum absolute atomic E-state index is 0.0206. The minimum Gasteiger partial charge on any atom is -0.494 e. The number of aliphatic carboxylic acids is 1. The van der Waals surface area contributed by atoms with E-state index in [1.54, 1.807) is 29.2 Å². The molecule has 6 heteroatoms. The number of likely N-dealkylation sites (tertiary alicyclic amines) is 1. The number of carbonyl (C=O) groups is 3. The van der Waals surface area contributed by atoms with Crippen LogP contribution in [0.5, 0.6) is 5.75 Å². The van der Waals surface area contributed by atoms with Gasteiger partial charge in [0.2, 0.25) is 5.91 Å². The molecule has 6 nitrogen and oxygen atoms in total. The number of piperidine rings is 1. The van der Waals surface area contributed by atoms with Crippen molar-refractivity contribution in [2.75, 3.05) is 13.2 Å². The van der Waals surface area contributed by atoms with Crippen molar-refractivity contribution in [3.05, 3.63) is 29.8 Å². The number of amides is 1. The second kappa shape index (κ2) is 8.65. The van der Waals surface area contributed by atoms with Crippen molar-refractivity contribution in [3.63, 3.8) is 0 Å². The minimum atomic E-state index is -0.835. The summed E-state index contributed by atoms with van der Waals surface area (Å²) < 4.78 is 5.60. The molecule has 2 unspecified atom stereocenters. The van der Waals surface area contributed by atoms with Crippen molar-refractivity contribution in [1.29, 1.82) is 0 Å².